The second-order valence-electron chi connectivity index (χ2n) is 4.52. The van der Waals surface area contributed by atoms with E-state index >= 15 is 0 Å². The highest BCUT2D eigenvalue weighted by molar-refractivity contribution is 5.94. The molecular weight excluding hydrogens is 252 g/mol. The molecule has 20 heavy (non-hydrogen) atoms. The van der Waals surface area contributed by atoms with Crippen molar-refractivity contribution < 1.29 is 9.90 Å². The molecule has 4 heteroatoms. The van der Waals surface area contributed by atoms with E-state index in [2.05, 4.69) is 11.9 Å². The van der Waals surface area contributed by atoms with E-state index in [-0.39, 0.29) is 5.56 Å². The SMILES string of the molecule is CCCCN(c1ccccc1)c1ncccc1C(=O)O. The molecule has 2 rings (SSSR count). The number of unbranched alkanes of at least 4 members (excludes halogenated alkanes) is 1. The second kappa shape index (κ2) is 6.70. The summed E-state index contributed by atoms with van der Waals surface area (Å²) in [6, 6.07) is 13.0. The zero-order chi connectivity index (χ0) is 14.4. The molecule has 0 spiro atoms. The topological polar surface area (TPSA) is 53.4 Å². The summed E-state index contributed by atoms with van der Waals surface area (Å²) >= 11 is 0. The monoisotopic (exact) mass is 270 g/mol. The first-order valence-corrected chi connectivity index (χ1v) is 6.75. The molecule has 0 saturated heterocycles. The third-order valence-corrected chi connectivity index (χ3v) is 3.08. The number of carboxylic acids is 1. The van der Waals surface area contributed by atoms with Crippen LogP contribution in [0, 0.1) is 0 Å². The highest BCUT2D eigenvalue weighted by atomic mass is 16.4. The van der Waals surface area contributed by atoms with Crippen molar-refractivity contribution in [2.75, 3.05) is 11.4 Å². The van der Waals surface area contributed by atoms with Crippen molar-refractivity contribution in [2.24, 2.45) is 0 Å². The van der Waals surface area contributed by atoms with Gasteiger partial charge in [0, 0.05) is 18.4 Å². The van der Waals surface area contributed by atoms with Crippen LogP contribution in [0.5, 0.6) is 0 Å². The summed E-state index contributed by atoms with van der Waals surface area (Å²) in [6.07, 6.45) is 3.65. The molecule has 1 heterocycles. The number of carbonyl (C=O) groups is 1. The molecule has 0 unspecified atom stereocenters. The zero-order valence-corrected chi connectivity index (χ0v) is 11.5. The smallest absolute Gasteiger partial charge is 0.339 e. The Kier molecular flexibility index (Phi) is 4.71. The molecule has 0 bridgehead atoms. The quantitative estimate of drug-likeness (QED) is 0.869. The van der Waals surface area contributed by atoms with Crippen LogP contribution in [0.2, 0.25) is 0 Å². The number of hydrogen-bond donors (Lipinski definition) is 1. The van der Waals surface area contributed by atoms with Crippen LogP contribution in [-0.2, 0) is 0 Å². The normalized spacial score (nSPS) is 10.2. The van der Waals surface area contributed by atoms with Crippen LogP contribution < -0.4 is 4.90 Å². The van der Waals surface area contributed by atoms with E-state index in [1.54, 1.807) is 18.3 Å². The van der Waals surface area contributed by atoms with Crippen molar-refractivity contribution in [1.82, 2.24) is 4.98 Å². The lowest BCUT2D eigenvalue weighted by molar-refractivity contribution is 0.0697. The molecule has 0 atom stereocenters. The van der Waals surface area contributed by atoms with E-state index < -0.39 is 5.97 Å². The molecule has 0 radical (unpaired) electrons. The van der Waals surface area contributed by atoms with Crippen LogP contribution in [0.4, 0.5) is 11.5 Å². The fraction of sp³-hybridized carbons (Fsp3) is 0.250. The van der Waals surface area contributed by atoms with Crippen molar-refractivity contribution in [3.05, 3.63) is 54.2 Å². The summed E-state index contributed by atoms with van der Waals surface area (Å²) in [5, 5.41) is 9.32. The van der Waals surface area contributed by atoms with Crippen LogP contribution in [0.25, 0.3) is 0 Å². The number of carboxylic acid groups (broad SMARTS) is 1. The Balaban J connectivity index is 2.44. The van der Waals surface area contributed by atoms with Crippen molar-refractivity contribution in [1.29, 1.82) is 0 Å². The van der Waals surface area contributed by atoms with Crippen LogP contribution in [-0.4, -0.2) is 22.6 Å². The molecule has 1 aromatic carbocycles. The van der Waals surface area contributed by atoms with Crippen LogP contribution in [0.1, 0.15) is 30.1 Å². The van der Waals surface area contributed by atoms with E-state index in [1.807, 2.05) is 35.2 Å². The first kappa shape index (κ1) is 14.1. The first-order chi connectivity index (χ1) is 9.74. The van der Waals surface area contributed by atoms with Gasteiger partial charge in [0.1, 0.15) is 11.4 Å². The van der Waals surface area contributed by atoms with Crippen molar-refractivity contribution in [3.63, 3.8) is 0 Å². The summed E-state index contributed by atoms with van der Waals surface area (Å²) in [5.74, 6) is -0.454. The molecule has 2 aromatic rings. The van der Waals surface area contributed by atoms with Gasteiger partial charge in [-0.1, -0.05) is 31.5 Å². The summed E-state index contributed by atoms with van der Waals surface area (Å²) in [5.41, 5.74) is 1.19. The van der Waals surface area contributed by atoms with Gasteiger partial charge in [-0.25, -0.2) is 9.78 Å². The minimum absolute atomic E-state index is 0.229. The van der Waals surface area contributed by atoms with E-state index in [1.165, 1.54) is 0 Å². The van der Waals surface area contributed by atoms with Crippen LogP contribution in [0.3, 0.4) is 0 Å². The molecule has 104 valence electrons. The Morgan fingerprint density at radius 1 is 1.20 bits per heavy atom. The van der Waals surface area contributed by atoms with Gasteiger partial charge < -0.3 is 10.0 Å². The maximum atomic E-state index is 11.4. The molecule has 0 fully saturated rings. The average molecular weight is 270 g/mol. The Labute approximate surface area is 118 Å². The predicted octanol–water partition coefficient (Wildman–Crippen LogP) is 3.72. The third-order valence-electron chi connectivity index (χ3n) is 3.08. The van der Waals surface area contributed by atoms with Gasteiger partial charge in [0.2, 0.25) is 0 Å². The molecular formula is C16H18N2O2. The van der Waals surface area contributed by atoms with Crippen LogP contribution in [0.15, 0.2) is 48.7 Å². The minimum Gasteiger partial charge on any atom is -0.478 e. The molecule has 0 saturated carbocycles. The number of nitrogens with zero attached hydrogens (tertiary/aromatic N) is 2. The number of benzene rings is 1. The highest BCUT2D eigenvalue weighted by Gasteiger charge is 2.18. The summed E-state index contributed by atoms with van der Waals surface area (Å²) in [6.45, 7) is 2.86. The molecule has 1 aromatic heterocycles. The largest absolute Gasteiger partial charge is 0.478 e. The number of pyridine rings is 1. The average Bonchev–Trinajstić information content (AvgIpc) is 2.49. The molecule has 0 aliphatic heterocycles. The number of anilines is 2. The standard InChI is InChI=1S/C16H18N2O2/c1-2-3-12-18(13-8-5-4-6-9-13)15-14(16(19)20)10-7-11-17-15/h4-11H,2-3,12H2,1H3,(H,19,20). The fourth-order valence-electron chi connectivity index (χ4n) is 2.06. The Morgan fingerprint density at radius 2 is 1.95 bits per heavy atom. The highest BCUT2D eigenvalue weighted by Crippen LogP contribution is 2.26. The van der Waals surface area contributed by atoms with E-state index in [4.69, 9.17) is 0 Å². The zero-order valence-electron chi connectivity index (χ0n) is 11.5. The predicted molar refractivity (Wildman–Crippen MR) is 79.6 cm³/mol. The van der Waals surface area contributed by atoms with Gasteiger partial charge in [-0.2, -0.15) is 0 Å². The van der Waals surface area contributed by atoms with Crippen molar-refractivity contribution in [3.8, 4) is 0 Å². The summed E-state index contributed by atoms with van der Waals surface area (Å²) in [4.78, 5) is 17.6. The fourth-order valence-corrected chi connectivity index (χ4v) is 2.06. The van der Waals surface area contributed by atoms with Gasteiger partial charge in [0.05, 0.1) is 0 Å². The Hall–Kier alpha value is -2.36. The lowest BCUT2D eigenvalue weighted by Crippen LogP contribution is -2.22. The summed E-state index contributed by atoms with van der Waals surface area (Å²) in [7, 11) is 0. The van der Waals surface area contributed by atoms with Gasteiger partial charge >= 0.3 is 5.97 Å². The van der Waals surface area contributed by atoms with Gasteiger partial charge in [-0.05, 0) is 30.7 Å². The van der Waals surface area contributed by atoms with Gasteiger partial charge in [0.25, 0.3) is 0 Å². The Morgan fingerprint density at radius 3 is 2.60 bits per heavy atom. The third kappa shape index (κ3) is 3.15. The number of rotatable bonds is 6. The van der Waals surface area contributed by atoms with Crippen molar-refractivity contribution in [2.45, 2.75) is 19.8 Å². The van der Waals surface area contributed by atoms with E-state index in [0.29, 0.717) is 5.82 Å². The van der Waals surface area contributed by atoms with Gasteiger partial charge in [0.15, 0.2) is 0 Å². The number of aromatic nitrogens is 1. The molecule has 0 amide bonds. The lowest BCUT2D eigenvalue weighted by atomic mass is 10.2. The van der Waals surface area contributed by atoms with E-state index in [0.717, 1.165) is 25.1 Å². The summed E-state index contributed by atoms with van der Waals surface area (Å²) < 4.78 is 0. The Bertz CT molecular complexity index is 570. The molecule has 1 N–H and O–H groups in total. The maximum absolute atomic E-state index is 11.4. The van der Waals surface area contributed by atoms with Gasteiger partial charge in [-0.3, -0.25) is 0 Å². The second-order valence-corrected chi connectivity index (χ2v) is 4.52. The van der Waals surface area contributed by atoms with Crippen molar-refractivity contribution >= 4 is 17.5 Å². The molecule has 4 nitrogen and oxygen atoms in total. The number of aromatic carboxylic acids is 1. The van der Waals surface area contributed by atoms with Gasteiger partial charge in [-0.15, -0.1) is 0 Å². The molecule has 0 aliphatic rings. The number of para-hydroxylation sites is 1. The first-order valence-electron chi connectivity index (χ1n) is 6.75. The maximum Gasteiger partial charge on any atom is 0.339 e. The van der Waals surface area contributed by atoms with E-state index in [9.17, 15) is 9.90 Å². The number of hydrogen-bond acceptors (Lipinski definition) is 3. The van der Waals surface area contributed by atoms with Crippen LogP contribution >= 0.6 is 0 Å². The molecule has 0 aliphatic carbocycles. The minimum atomic E-state index is -0.953. The lowest BCUT2D eigenvalue weighted by Gasteiger charge is -2.25.